The summed E-state index contributed by atoms with van der Waals surface area (Å²) < 4.78 is 0. The molecule has 1 nitrogen and oxygen atoms in total. The molecule has 0 saturated heterocycles. The number of hydrogen-bond donors (Lipinski definition) is 1. The Hall–Kier alpha value is -0.600. The van der Waals surface area contributed by atoms with Crippen molar-refractivity contribution in [3.05, 3.63) is 33.5 Å². The maximum atomic E-state index is 4.03. The Balaban J connectivity index is 2.93. The summed E-state index contributed by atoms with van der Waals surface area (Å²) in [5.74, 6) is 0. The maximum absolute atomic E-state index is 4.03. The highest BCUT2D eigenvalue weighted by atomic mass is 32.1. The monoisotopic (exact) mass is 209 g/mol. The molecular formula is C12H19NS. The molecule has 0 spiro atoms. The van der Waals surface area contributed by atoms with Gasteiger partial charge in [0.05, 0.1) is 6.04 Å². The molecule has 1 atom stereocenters. The van der Waals surface area contributed by atoms with Gasteiger partial charge in [0.2, 0.25) is 0 Å². The van der Waals surface area contributed by atoms with E-state index in [1.54, 1.807) is 0 Å². The molecular weight excluding hydrogens is 190 g/mol. The van der Waals surface area contributed by atoms with Crippen LogP contribution in [0.15, 0.2) is 18.2 Å². The van der Waals surface area contributed by atoms with Crippen LogP contribution in [0.3, 0.4) is 0 Å². The number of rotatable bonds is 4. The normalized spacial score (nSPS) is 12.9. The van der Waals surface area contributed by atoms with Crippen molar-refractivity contribution in [2.45, 2.75) is 33.7 Å². The Kier molecular flexibility index (Phi) is 3.90. The van der Waals surface area contributed by atoms with Gasteiger partial charge in [-0.3, -0.25) is 0 Å². The average molecular weight is 209 g/mol. The first-order chi connectivity index (χ1) is 6.56. The largest absolute Gasteiger partial charge is 0.306 e. The van der Waals surface area contributed by atoms with Gasteiger partial charge in [0.15, 0.2) is 0 Å². The highest BCUT2D eigenvalue weighted by Gasteiger charge is 2.13. The lowest BCUT2D eigenvalue weighted by Gasteiger charge is -2.15. The molecule has 78 valence electrons. The van der Waals surface area contributed by atoms with Crippen LogP contribution < -0.4 is 5.32 Å². The van der Waals surface area contributed by atoms with Gasteiger partial charge in [-0.05, 0) is 38.9 Å². The third-order valence-corrected chi connectivity index (χ3v) is 3.59. The van der Waals surface area contributed by atoms with Gasteiger partial charge >= 0.3 is 0 Å². The van der Waals surface area contributed by atoms with Gasteiger partial charge in [-0.1, -0.05) is 19.1 Å². The van der Waals surface area contributed by atoms with E-state index >= 15 is 0 Å². The molecule has 0 aliphatic rings. The Morgan fingerprint density at radius 3 is 2.57 bits per heavy atom. The molecule has 1 N–H and O–H groups in total. The van der Waals surface area contributed by atoms with E-state index in [2.05, 4.69) is 45.7 Å². The van der Waals surface area contributed by atoms with Crippen molar-refractivity contribution in [3.63, 3.8) is 0 Å². The van der Waals surface area contributed by atoms with Crippen molar-refractivity contribution in [2.75, 3.05) is 6.54 Å². The van der Waals surface area contributed by atoms with Crippen LogP contribution in [0.2, 0.25) is 0 Å². The molecule has 0 bridgehead atoms. The topological polar surface area (TPSA) is 12.0 Å². The van der Waals surface area contributed by atoms with E-state index in [0.29, 0.717) is 6.04 Å². The molecule has 0 radical (unpaired) electrons. The van der Waals surface area contributed by atoms with Crippen molar-refractivity contribution in [1.82, 2.24) is 5.32 Å². The summed E-state index contributed by atoms with van der Waals surface area (Å²) in [6, 6.07) is 2.60. The van der Waals surface area contributed by atoms with Gasteiger partial charge in [0.25, 0.3) is 0 Å². The summed E-state index contributed by atoms with van der Waals surface area (Å²) in [6.07, 6.45) is 0. The molecule has 0 aromatic carbocycles. The van der Waals surface area contributed by atoms with E-state index in [4.69, 9.17) is 0 Å². The first kappa shape index (κ1) is 11.5. The number of likely N-dealkylation sites (N-methyl/N-ethyl adjacent to an activating group) is 1. The second-order valence-corrected chi connectivity index (χ2v) is 5.01. The van der Waals surface area contributed by atoms with Crippen molar-refractivity contribution < 1.29 is 0 Å². The van der Waals surface area contributed by atoms with E-state index in [1.165, 1.54) is 20.9 Å². The molecule has 1 rings (SSSR count). The zero-order chi connectivity index (χ0) is 10.7. The quantitative estimate of drug-likeness (QED) is 0.747. The molecule has 0 saturated carbocycles. The third-order valence-electron chi connectivity index (χ3n) is 2.37. The zero-order valence-corrected chi connectivity index (χ0v) is 10.3. The van der Waals surface area contributed by atoms with Crippen LogP contribution in [0.5, 0.6) is 0 Å². The third kappa shape index (κ3) is 2.46. The van der Waals surface area contributed by atoms with Crippen molar-refractivity contribution in [3.8, 4) is 0 Å². The fraction of sp³-hybridized carbons (Fsp3) is 0.500. The summed E-state index contributed by atoms with van der Waals surface area (Å²) in [5, 5.41) is 3.45. The molecule has 0 aliphatic carbocycles. The number of hydrogen-bond acceptors (Lipinski definition) is 2. The predicted octanol–water partition coefficient (Wildman–Crippen LogP) is 3.59. The molecule has 1 heterocycles. The maximum Gasteiger partial charge on any atom is 0.0625 e. The summed E-state index contributed by atoms with van der Waals surface area (Å²) in [6.45, 7) is 13.6. The van der Waals surface area contributed by atoms with Gasteiger partial charge in [0, 0.05) is 9.75 Å². The van der Waals surface area contributed by atoms with Crippen molar-refractivity contribution in [2.24, 2.45) is 0 Å². The lowest BCUT2D eigenvalue weighted by Crippen LogP contribution is -2.20. The summed E-state index contributed by atoms with van der Waals surface area (Å²) in [5.41, 5.74) is 2.57. The number of nitrogens with one attached hydrogen (secondary N) is 1. The van der Waals surface area contributed by atoms with Crippen LogP contribution in [0, 0.1) is 13.8 Å². The second-order valence-electron chi connectivity index (χ2n) is 3.73. The van der Waals surface area contributed by atoms with Gasteiger partial charge in [-0.15, -0.1) is 11.3 Å². The Morgan fingerprint density at radius 2 is 2.21 bits per heavy atom. The summed E-state index contributed by atoms with van der Waals surface area (Å²) in [4.78, 5) is 2.79. The molecule has 0 aliphatic heterocycles. The molecule has 14 heavy (non-hydrogen) atoms. The average Bonchev–Trinajstić information content (AvgIpc) is 2.42. The minimum Gasteiger partial charge on any atom is -0.306 e. The van der Waals surface area contributed by atoms with Crippen LogP contribution in [-0.2, 0) is 0 Å². The van der Waals surface area contributed by atoms with Crippen LogP contribution in [-0.4, -0.2) is 6.54 Å². The SMILES string of the molecule is C=C(C)C(NCC)c1cc(C)c(C)s1. The standard InChI is InChI=1S/C12H19NS/c1-6-13-12(8(2)3)11-7-9(4)10(5)14-11/h7,12-13H,2,6H2,1,3-5H3. The minimum atomic E-state index is 0.331. The summed E-state index contributed by atoms with van der Waals surface area (Å²) in [7, 11) is 0. The molecule has 2 heteroatoms. The Labute approximate surface area is 90.9 Å². The van der Waals surface area contributed by atoms with Gasteiger partial charge < -0.3 is 5.32 Å². The molecule has 1 unspecified atom stereocenters. The van der Waals surface area contributed by atoms with Crippen LogP contribution >= 0.6 is 11.3 Å². The van der Waals surface area contributed by atoms with E-state index in [0.717, 1.165) is 6.54 Å². The zero-order valence-electron chi connectivity index (χ0n) is 9.48. The smallest absolute Gasteiger partial charge is 0.0625 e. The lowest BCUT2D eigenvalue weighted by atomic mass is 10.1. The minimum absolute atomic E-state index is 0.331. The molecule has 1 aromatic rings. The van der Waals surface area contributed by atoms with Crippen molar-refractivity contribution >= 4 is 11.3 Å². The predicted molar refractivity (Wildman–Crippen MR) is 65.0 cm³/mol. The highest BCUT2D eigenvalue weighted by Crippen LogP contribution is 2.29. The van der Waals surface area contributed by atoms with Crippen LogP contribution in [0.1, 0.15) is 35.2 Å². The first-order valence-corrected chi connectivity index (χ1v) is 5.83. The fourth-order valence-corrected chi connectivity index (χ4v) is 2.68. The fourth-order valence-electron chi connectivity index (χ4n) is 1.47. The summed E-state index contributed by atoms with van der Waals surface area (Å²) >= 11 is 1.87. The van der Waals surface area contributed by atoms with Gasteiger partial charge in [-0.2, -0.15) is 0 Å². The van der Waals surface area contributed by atoms with Crippen LogP contribution in [0.25, 0.3) is 0 Å². The Morgan fingerprint density at radius 1 is 1.57 bits per heavy atom. The second kappa shape index (κ2) is 4.76. The highest BCUT2D eigenvalue weighted by molar-refractivity contribution is 7.12. The van der Waals surface area contributed by atoms with E-state index < -0.39 is 0 Å². The molecule has 0 amide bonds. The first-order valence-electron chi connectivity index (χ1n) is 5.02. The lowest BCUT2D eigenvalue weighted by molar-refractivity contribution is 0.630. The molecule has 0 fully saturated rings. The Bertz CT molecular complexity index is 306. The van der Waals surface area contributed by atoms with E-state index in [1.807, 2.05) is 11.3 Å². The van der Waals surface area contributed by atoms with E-state index in [9.17, 15) is 0 Å². The number of thiophene rings is 1. The van der Waals surface area contributed by atoms with Crippen molar-refractivity contribution in [1.29, 1.82) is 0 Å². The van der Waals surface area contributed by atoms with E-state index in [-0.39, 0.29) is 0 Å². The number of aryl methyl sites for hydroxylation is 2. The van der Waals surface area contributed by atoms with Gasteiger partial charge in [0.1, 0.15) is 0 Å². The van der Waals surface area contributed by atoms with Crippen LogP contribution in [0.4, 0.5) is 0 Å². The van der Waals surface area contributed by atoms with Gasteiger partial charge in [-0.25, -0.2) is 0 Å². The molecule has 1 aromatic heterocycles.